The van der Waals surface area contributed by atoms with E-state index >= 15 is 0 Å². The average Bonchev–Trinajstić information content (AvgIpc) is 2.79. The van der Waals surface area contributed by atoms with Crippen molar-refractivity contribution in [1.82, 2.24) is 9.55 Å². The molecule has 0 fully saturated rings. The van der Waals surface area contributed by atoms with Crippen LogP contribution in [-0.2, 0) is 6.54 Å². The highest BCUT2D eigenvalue weighted by atomic mass is 127. The molecule has 1 N–H and O–H groups in total. The number of phenols is 1. The molecule has 0 aliphatic heterocycles. The topological polar surface area (TPSA) is 38.0 Å². The molecule has 0 aliphatic carbocycles. The van der Waals surface area contributed by atoms with Gasteiger partial charge in [-0.3, -0.25) is 0 Å². The summed E-state index contributed by atoms with van der Waals surface area (Å²) >= 11 is 8.29. The molecule has 1 heterocycles. The lowest BCUT2D eigenvalue weighted by molar-refractivity contribution is 0.476. The van der Waals surface area contributed by atoms with Gasteiger partial charge in [0.25, 0.3) is 0 Å². The molecular weight excluding hydrogens is 387 g/mol. The van der Waals surface area contributed by atoms with Crippen molar-refractivity contribution < 1.29 is 5.11 Å². The van der Waals surface area contributed by atoms with Crippen LogP contribution in [0.1, 0.15) is 6.92 Å². The number of hydrogen-bond acceptors (Lipinski definition) is 2. The van der Waals surface area contributed by atoms with Gasteiger partial charge < -0.3 is 9.67 Å². The Morgan fingerprint density at radius 3 is 2.80 bits per heavy atom. The van der Waals surface area contributed by atoms with Crippen molar-refractivity contribution in [2.24, 2.45) is 0 Å². The van der Waals surface area contributed by atoms with Crippen molar-refractivity contribution in [2.45, 2.75) is 13.5 Å². The molecule has 20 heavy (non-hydrogen) atoms. The van der Waals surface area contributed by atoms with E-state index < -0.39 is 0 Å². The monoisotopic (exact) mass is 398 g/mol. The van der Waals surface area contributed by atoms with Gasteiger partial charge in [0.2, 0.25) is 0 Å². The van der Waals surface area contributed by atoms with Crippen LogP contribution in [0.4, 0.5) is 0 Å². The third kappa shape index (κ3) is 2.27. The Balaban J connectivity index is 2.33. The zero-order valence-electron chi connectivity index (χ0n) is 10.8. The molecule has 0 unspecified atom stereocenters. The molecule has 2 aromatic carbocycles. The largest absolute Gasteiger partial charge is 0.507 e. The maximum absolute atomic E-state index is 10.1. The van der Waals surface area contributed by atoms with Gasteiger partial charge in [-0.2, -0.15) is 0 Å². The van der Waals surface area contributed by atoms with E-state index in [1.165, 1.54) is 0 Å². The average molecular weight is 399 g/mol. The first-order chi connectivity index (χ1) is 9.60. The van der Waals surface area contributed by atoms with Crippen LogP contribution in [0.2, 0.25) is 5.02 Å². The molecule has 0 radical (unpaired) electrons. The van der Waals surface area contributed by atoms with E-state index in [0.29, 0.717) is 5.02 Å². The molecule has 3 aromatic rings. The zero-order valence-corrected chi connectivity index (χ0v) is 13.7. The first kappa shape index (κ1) is 13.7. The van der Waals surface area contributed by atoms with Crippen molar-refractivity contribution in [1.29, 1.82) is 0 Å². The van der Waals surface area contributed by atoms with Gasteiger partial charge in [0, 0.05) is 15.1 Å². The number of aromatic hydroxyl groups is 1. The van der Waals surface area contributed by atoms with Gasteiger partial charge >= 0.3 is 0 Å². The Hall–Kier alpha value is -1.27. The number of fused-ring (bicyclic) bond motifs is 1. The molecule has 0 bridgehead atoms. The lowest BCUT2D eigenvalue weighted by Gasteiger charge is -2.08. The Labute approximate surface area is 135 Å². The maximum atomic E-state index is 10.1. The summed E-state index contributed by atoms with van der Waals surface area (Å²) in [7, 11) is 0. The van der Waals surface area contributed by atoms with Crippen molar-refractivity contribution in [3.8, 4) is 17.1 Å². The van der Waals surface area contributed by atoms with Crippen molar-refractivity contribution in [3.05, 3.63) is 45.0 Å². The Kier molecular flexibility index (Phi) is 3.60. The summed E-state index contributed by atoms with van der Waals surface area (Å²) in [6.45, 7) is 2.81. The second kappa shape index (κ2) is 5.26. The minimum Gasteiger partial charge on any atom is -0.507 e. The fraction of sp³-hybridized carbons (Fsp3) is 0.133. The number of nitrogens with zero attached hydrogens (tertiary/aromatic N) is 2. The second-order valence-electron chi connectivity index (χ2n) is 4.47. The molecule has 5 heteroatoms. The third-order valence-electron chi connectivity index (χ3n) is 3.23. The number of halogens is 2. The molecule has 0 saturated heterocycles. The van der Waals surface area contributed by atoms with E-state index in [1.807, 2.05) is 30.3 Å². The van der Waals surface area contributed by atoms with Crippen molar-refractivity contribution in [2.75, 3.05) is 0 Å². The highest BCUT2D eigenvalue weighted by Gasteiger charge is 2.15. The summed E-state index contributed by atoms with van der Waals surface area (Å²) in [5.41, 5.74) is 2.60. The Morgan fingerprint density at radius 2 is 2.05 bits per heavy atom. The fourth-order valence-electron chi connectivity index (χ4n) is 2.31. The van der Waals surface area contributed by atoms with E-state index in [4.69, 9.17) is 11.6 Å². The van der Waals surface area contributed by atoms with Gasteiger partial charge in [-0.05, 0) is 65.9 Å². The molecule has 1 aromatic heterocycles. The molecule has 0 amide bonds. The number of imidazole rings is 1. The van der Waals surface area contributed by atoms with Crippen LogP contribution in [0.15, 0.2) is 36.4 Å². The van der Waals surface area contributed by atoms with Gasteiger partial charge in [0.15, 0.2) is 0 Å². The normalized spacial score (nSPS) is 11.2. The predicted octanol–water partition coefficient (Wildman–Crippen LogP) is 4.69. The van der Waals surface area contributed by atoms with Crippen LogP contribution in [0.25, 0.3) is 22.4 Å². The number of phenolic OH excluding ortho intramolecular Hbond substituents is 1. The molecule has 3 nitrogen and oxygen atoms in total. The molecular formula is C15H12ClIN2O. The first-order valence-electron chi connectivity index (χ1n) is 6.25. The maximum Gasteiger partial charge on any atom is 0.144 e. The Bertz CT molecular complexity index is 798. The Morgan fingerprint density at radius 1 is 1.25 bits per heavy atom. The molecule has 3 rings (SSSR count). The molecule has 0 spiro atoms. The SMILES string of the molecule is CCn1c(-c2cc(I)ccc2O)nc2ccc(Cl)cc21. The highest BCUT2D eigenvalue weighted by Crippen LogP contribution is 2.33. The minimum absolute atomic E-state index is 0.238. The predicted molar refractivity (Wildman–Crippen MR) is 90.2 cm³/mol. The summed E-state index contributed by atoms with van der Waals surface area (Å²) in [5, 5.41) is 10.8. The lowest BCUT2D eigenvalue weighted by atomic mass is 10.2. The summed E-state index contributed by atoms with van der Waals surface area (Å²) < 4.78 is 3.12. The first-order valence-corrected chi connectivity index (χ1v) is 7.70. The van der Waals surface area contributed by atoms with Crippen molar-refractivity contribution >= 4 is 45.2 Å². The number of hydrogen-bond donors (Lipinski definition) is 1. The quantitative estimate of drug-likeness (QED) is 0.636. The van der Waals surface area contributed by atoms with E-state index in [0.717, 1.165) is 32.5 Å². The van der Waals surface area contributed by atoms with E-state index in [1.54, 1.807) is 6.07 Å². The number of aryl methyl sites for hydroxylation is 1. The minimum atomic E-state index is 0.238. The third-order valence-corrected chi connectivity index (χ3v) is 4.13. The van der Waals surface area contributed by atoms with Gasteiger partial charge in [-0.15, -0.1) is 0 Å². The lowest BCUT2D eigenvalue weighted by Crippen LogP contribution is -1.98. The molecule has 0 saturated carbocycles. The van der Waals surface area contributed by atoms with Gasteiger partial charge in [0.05, 0.1) is 16.6 Å². The van der Waals surface area contributed by atoms with Crippen LogP contribution in [0.3, 0.4) is 0 Å². The fourth-order valence-corrected chi connectivity index (χ4v) is 2.97. The highest BCUT2D eigenvalue weighted by molar-refractivity contribution is 14.1. The van der Waals surface area contributed by atoms with Crippen molar-refractivity contribution in [3.63, 3.8) is 0 Å². The van der Waals surface area contributed by atoms with Crippen LogP contribution >= 0.6 is 34.2 Å². The van der Waals surface area contributed by atoms with Gasteiger partial charge in [0.1, 0.15) is 11.6 Å². The molecule has 0 atom stereocenters. The summed E-state index contributed by atoms with van der Waals surface area (Å²) in [6, 6.07) is 11.1. The van der Waals surface area contributed by atoms with Crippen LogP contribution in [-0.4, -0.2) is 14.7 Å². The van der Waals surface area contributed by atoms with Crippen LogP contribution in [0, 0.1) is 3.57 Å². The zero-order chi connectivity index (χ0) is 14.3. The summed E-state index contributed by atoms with van der Waals surface area (Å²) in [6.07, 6.45) is 0. The molecule has 102 valence electrons. The van der Waals surface area contributed by atoms with Crippen LogP contribution in [0.5, 0.6) is 5.75 Å². The smallest absolute Gasteiger partial charge is 0.144 e. The van der Waals surface area contributed by atoms with Gasteiger partial charge in [-0.1, -0.05) is 11.6 Å². The number of rotatable bonds is 2. The number of aromatic nitrogens is 2. The van der Waals surface area contributed by atoms with Crippen LogP contribution < -0.4 is 0 Å². The molecule has 0 aliphatic rings. The van der Waals surface area contributed by atoms with E-state index in [2.05, 4.69) is 39.1 Å². The summed E-state index contributed by atoms with van der Waals surface area (Å²) in [4.78, 5) is 4.64. The second-order valence-corrected chi connectivity index (χ2v) is 6.16. The van der Waals surface area contributed by atoms with Gasteiger partial charge in [-0.25, -0.2) is 4.98 Å². The van der Waals surface area contributed by atoms with E-state index in [-0.39, 0.29) is 5.75 Å². The summed E-state index contributed by atoms with van der Waals surface area (Å²) in [5.74, 6) is 1.00. The van der Waals surface area contributed by atoms with E-state index in [9.17, 15) is 5.11 Å². The number of benzene rings is 2. The standard InChI is InChI=1S/C15H12ClIN2O/c1-2-19-13-7-9(16)3-5-12(13)18-15(19)11-8-10(17)4-6-14(11)20/h3-8,20H,2H2,1H3.